The average Bonchev–Trinajstić information content (AvgIpc) is 3.26. The maximum atomic E-state index is 12.9. The van der Waals surface area contributed by atoms with Crippen molar-refractivity contribution in [1.82, 2.24) is 14.5 Å². The van der Waals surface area contributed by atoms with Crippen LogP contribution in [0.25, 0.3) is 10.9 Å². The Morgan fingerprint density at radius 2 is 1.73 bits per heavy atom. The second-order valence-electron chi connectivity index (χ2n) is 7.69. The lowest BCUT2D eigenvalue weighted by Gasteiger charge is -2.19. The second-order valence-corrected chi connectivity index (χ2v) is 7.69. The molecule has 3 aromatic rings. The summed E-state index contributed by atoms with van der Waals surface area (Å²) in [6.07, 6.45) is 3.39. The van der Waals surface area contributed by atoms with Crippen LogP contribution < -0.4 is 10.9 Å². The van der Waals surface area contributed by atoms with Gasteiger partial charge >= 0.3 is 0 Å². The summed E-state index contributed by atoms with van der Waals surface area (Å²) in [6.45, 7) is 5.03. The number of amides is 2. The molecule has 4 rings (SSSR count). The number of carbonyl (C=O) groups is 2. The summed E-state index contributed by atoms with van der Waals surface area (Å²) in [7, 11) is 0. The van der Waals surface area contributed by atoms with Gasteiger partial charge in [0, 0.05) is 13.1 Å². The van der Waals surface area contributed by atoms with Crippen molar-refractivity contribution >= 4 is 28.4 Å². The second kappa shape index (κ2) is 8.10. The Bertz CT molecular complexity index is 1190. The van der Waals surface area contributed by atoms with E-state index in [1.54, 1.807) is 18.2 Å². The van der Waals surface area contributed by atoms with Crippen molar-refractivity contribution in [2.45, 2.75) is 33.2 Å². The van der Waals surface area contributed by atoms with E-state index in [9.17, 15) is 14.4 Å². The molecule has 0 aliphatic carbocycles. The number of anilines is 1. The highest BCUT2D eigenvalue weighted by Crippen LogP contribution is 2.24. The van der Waals surface area contributed by atoms with Crippen LogP contribution in [0.1, 0.15) is 34.3 Å². The number of rotatable bonds is 4. The standard InChI is InChI=1S/C23H24N4O3/c1-15-7-5-9-17-20(15)24-14-27(23(17)30)13-19(28)25-21-16(2)8-6-10-18(21)22(29)26-11-3-4-12-26/h5-10,14H,3-4,11-13H2,1-2H3,(H,25,28). The summed E-state index contributed by atoms with van der Waals surface area (Å²) < 4.78 is 1.29. The van der Waals surface area contributed by atoms with E-state index in [4.69, 9.17) is 0 Å². The summed E-state index contributed by atoms with van der Waals surface area (Å²) in [5.41, 5.74) is 3.05. The Morgan fingerprint density at radius 1 is 1.03 bits per heavy atom. The van der Waals surface area contributed by atoms with Gasteiger partial charge in [-0.2, -0.15) is 0 Å². The van der Waals surface area contributed by atoms with Gasteiger partial charge in [-0.25, -0.2) is 4.98 Å². The number of carbonyl (C=O) groups excluding carboxylic acids is 2. The third-order valence-corrected chi connectivity index (χ3v) is 5.53. The predicted octanol–water partition coefficient (Wildman–Crippen LogP) is 2.89. The average molecular weight is 404 g/mol. The fourth-order valence-corrected chi connectivity index (χ4v) is 3.89. The minimum Gasteiger partial charge on any atom is -0.339 e. The number of hydrogen-bond acceptors (Lipinski definition) is 4. The monoisotopic (exact) mass is 404 g/mol. The molecule has 7 heteroatoms. The third kappa shape index (κ3) is 3.70. The first kappa shape index (κ1) is 19.8. The van der Waals surface area contributed by atoms with Crippen LogP contribution in [0.2, 0.25) is 0 Å². The van der Waals surface area contributed by atoms with Gasteiger partial charge in [0.1, 0.15) is 6.54 Å². The van der Waals surface area contributed by atoms with Crippen molar-refractivity contribution in [2.75, 3.05) is 18.4 Å². The Balaban J connectivity index is 1.59. The van der Waals surface area contributed by atoms with Crippen molar-refractivity contribution in [2.24, 2.45) is 0 Å². The van der Waals surface area contributed by atoms with E-state index in [2.05, 4.69) is 10.3 Å². The first-order valence-electron chi connectivity index (χ1n) is 10.1. The number of fused-ring (bicyclic) bond motifs is 1. The lowest BCUT2D eigenvalue weighted by molar-refractivity contribution is -0.116. The van der Waals surface area contributed by atoms with Crippen molar-refractivity contribution in [3.63, 3.8) is 0 Å². The SMILES string of the molecule is Cc1cccc(C(=O)N2CCCC2)c1NC(=O)Cn1cnc2c(C)cccc2c1=O. The highest BCUT2D eigenvalue weighted by Gasteiger charge is 2.23. The number of likely N-dealkylation sites (tertiary alicyclic amines) is 1. The van der Waals surface area contributed by atoms with E-state index >= 15 is 0 Å². The van der Waals surface area contributed by atoms with E-state index in [1.165, 1.54) is 10.9 Å². The van der Waals surface area contributed by atoms with Gasteiger partial charge in [-0.15, -0.1) is 0 Å². The quantitative estimate of drug-likeness (QED) is 0.725. The number of aryl methyl sites for hydroxylation is 2. The molecule has 0 spiro atoms. The summed E-state index contributed by atoms with van der Waals surface area (Å²) in [6, 6.07) is 10.8. The number of nitrogens with zero attached hydrogens (tertiary/aromatic N) is 3. The zero-order valence-corrected chi connectivity index (χ0v) is 17.1. The van der Waals surface area contributed by atoms with Crippen LogP contribution in [0.5, 0.6) is 0 Å². The first-order chi connectivity index (χ1) is 14.5. The fraction of sp³-hybridized carbons (Fsp3) is 0.304. The topological polar surface area (TPSA) is 84.3 Å². The first-order valence-corrected chi connectivity index (χ1v) is 10.1. The predicted molar refractivity (Wildman–Crippen MR) is 116 cm³/mol. The summed E-state index contributed by atoms with van der Waals surface area (Å²) in [5, 5.41) is 3.32. The molecule has 0 radical (unpaired) electrons. The molecule has 1 aliphatic rings. The Morgan fingerprint density at radius 3 is 2.50 bits per heavy atom. The Labute approximate surface area is 174 Å². The number of aromatic nitrogens is 2. The van der Waals surface area contributed by atoms with Crippen LogP contribution in [0.4, 0.5) is 5.69 Å². The molecule has 154 valence electrons. The zero-order chi connectivity index (χ0) is 21.3. The van der Waals surface area contributed by atoms with Gasteiger partial charge in [-0.05, 0) is 49.9 Å². The third-order valence-electron chi connectivity index (χ3n) is 5.53. The molecular weight excluding hydrogens is 380 g/mol. The lowest BCUT2D eigenvalue weighted by Crippen LogP contribution is -2.31. The molecule has 0 atom stereocenters. The van der Waals surface area contributed by atoms with Crippen LogP contribution in [0, 0.1) is 13.8 Å². The minimum atomic E-state index is -0.379. The zero-order valence-electron chi connectivity index (χ0n) is 17.1. The van der Waals surface area contributed by atoms with Gasteiger partial charge in [0.15, 0.2) is 0 Å². The summed E-state index contributed by atoms with van der Waals surface area (Å²) in [5.74, 6) is -0.456. The van der Waals surface area contributed by atoms with Crippen LogP contribution >= 0.6 is 0 Å². The van der Waals surface area contributed by atoms with E-state index in [1.807, 2.05) is 36.9 Å². The lowest BCUT2D eigenvalue weighted by atomic mass is 10.1. The molecule has 2 amide bonds. The number of nitrogens with one attached hydrogen (secondary N) is 1. The van der Waals surface area contributed by atoms with Crippen LogP contribution in [0.15, 0.2) is 47.5 Å². The molecule has 1 saturated heterocycles. The molecule has 0 unspecified atom stereocenters. The maximum Gasteiger partial charge on any atom is 0.261 e. The fourth-order valence-electron chi connectivity index (χ4n) is 3.89. The van der Waals surface area contributed by atoms with Gasteiger partial charge in [-0.3, -0.25) is 19.0 Å². The Hall–Kier alpha value is -3.48. The molecule has 2 aromatic carbocycles. The van der Waals surface area contributed by atoms with Crippen LogP contribution in [-0.2, 0) is 11.3 Å². The molecule has 1 aromatic heterocycles. The van der Waals surface area contributed by atoms with Crippen molar-refractivity contribution < 1.29 is 9.59 Å². The molecule has 7 nitrogen and oxygen atoms in total. The number of hydrogen-bond donors (Lipinski definition) is 1. The summed E-state index contributed by atoms with van der Waals surface area (Å²) in [4.78, 5) is 44.6. The normalized spacial score (nSPS) is 13.6. The van der Waals surface area contributed by atoms with Gasteiger partial charge in [-0.1, -0.05) is 24.3 Å². The van der Waals surface area contributed by atoms with E-state index in [0.29, 0.717) is 22.2 Å². The minimum absolute atomic E-state index is 0.0773. The Kier molecular flexibility index (Phi) is 5.35. The molecule has 1 fully saturated rings. The van der Waals surface area contributed by atoms with Crippen molar-refractivity contribution in [3.05, 3.63) is 69.8 Å². The van der Waals surface area contributed by atoms with Crippen molar-refractivity contribution in [3.8, 4) is 0 Å². The summed E-state index contributed by atoms with van der Waals surface area (Å²) >= 11 is 0. The number of benzene rings is 2. The highest BCUT2D eigenvalue weighted by molar-refractivity contribution is 6.04. The van der Waals surface area contributed by atoms with Crippen LogP contribution in [0.3, 0.4) is 0 Å². The highest BCUT2D eigenvalue weighted by atomic mass is 16.2. The molecule has 30 heavy (non-hydrogen) atoms. The number of para-hydroxylation sites is 2. The largest absolute Gasteiger partial charge is 0.339 e. The maximum absolute atomic E-state index is 12.9. The van der Waals surface area contributed by atoms with E-state index < -0.39 is 0 Å². The van der Waals surface area contributed by atoms with Crippen LogP contribution in [-0.4, -0.2) is 39.4 Å². The van der Waals surface area contributed by atoms with Gasteiger partial charge in [0.2, 0.25) is 5.91 Å². The molecule has 0 bridgehead atoms. The molecule has 1 aliphatic heterocycles. The molecule has 1 N–H and O–H groups in total. The van der Waals surface area contributed by atoms with Gasteiger partial charge in [0.25, 0.3) is 11.5 Å². The van der Waals surface area contributed by atoms with E-state index in [0.717, 1.165) is 37.1 Å². The molecule has 2 heterocycles. The van der Waals surface area contributed by atoms with Gasteiger partial charge in [0.05, 0.1) is 28.5 Å². The van der Waals surface area contributed by atoms with Crippen molar-refractivity contribution in [1.29, 1.82) is 0 Å². The van der Waals surface area contributed by atoms with E-state index in [-0.39, 0.29) is 23.9 Å². The smallest absolute Gasteiger partial charge is 0.261 e. The molecule has 0 saturated carbocycles. The molecular formula is C23H24N4O3. The van der Waals surface area contributed by atoms with Gasteiger partial charge < -0.3 is 10.2 Å².